The van der Waals surface area contributed by atoms with Gasteiger partial charge in [0.15, 0.2) is 11.5 Å². The number of aromatic nitrogens is 2. The number of anilines is 1. The zero-order valence-electron chi connectivity index (χ0n) is 16.2. The van der Waals surface area contributed by atoms with Gasteiger partial charge in [-0.25, -0.2) is 19.8 Å². The quantitative estimate of drug-likeness (QED) is 0.710. The Labute approximate surface area is 165 Å². The molecule has 1 aliphatic heterocycles. The maximum atomic E-state index is 11.0. The number of benzene rings is 1. The molecule has 154 valence electrons. The van der Waals surface area contributed by atoms with E-state index in [0.29, 0.717) is 24.0 Å². The Morgan fingerprint density at radius 1 is 1.18 bits per heavy atom. The molecule has 0 amide bonds. The van der Waals surface area contributed by atoms with Crippen LogP contribution < -0.4 is 24.2 Å². The van der Waals surface area contributed by atoms with E-state index in [1.165, 1.54) is 0 Å². The third kappa shape index (κ3) is 5.00. The fourth-order valence-electron chi connectivity index (χ4n) is 3.69. The van der Waals surface area contributed by atoms with Crippen LogP contribution in [0.15, 0.2) is 18.5 Å². The molecule has 2 heterocycles. The fourth-order valence-corrected chi connectivity index (χ4v) is 4.09. The summed E-state index contributed by atoms with van der Waals surface area (Å²) in [6.07, 6.45) is 5.37. The molecule has 1 fully saturated rings. The minimum Gasteiger partial charge on any atom is -0.493 e. The van der Waals surface area contributed by atoms with Crippen molar-refractivity contribution in [1.29, 1.82) is 0 Å². The first-order chi connectivity index (χ1) is 13.4. The lowest BCUT2D eigenvalue weighted by Crippen LogP contribution is -2.32. The second-order valence-corrected chi connectivity index (χ2v) is 8.31. The topological polar surface area (TPSA) is 120 Å². The summed E-state index contributed by atoms with van der Waals surface area (Å²) in [6.45, 7) is 2.11. The standard InChI is InChI=1S/C18H27N5O4S/c1-26-16-10-14-15(11-17(16)27-2)20-12-21-18(14)23-8-3-4-13(6-9-23)5-7-22-28(19,24)25/h10-13,22H,3-9H2,1-2H3,(H2,19,24,25). The molecule has 1 saturated heterocycles. The normalized spacial score (nSPS) is 18.1. The number of nitrogens with one attached hydrogen (secondary N) is 1. The zero-order valence-corrected chi connectivity index (χ0v) is 17.0. The molecular formula is C18H27N5O4S. The van der Waals surface area contributed by atoms with Crippen molar-refractivity contribution < 1.29 is 17.9 Å². The third-order valence-electron chi connectivity index (χ3n) is 5.12. The van der Waals surface area contributed by atoms with E-state index in [1.54, 1.807) is 20.5 Å². The molecule has 1 unspecified atom stereocenters. The minimum absolute atomic E-state index is 0.372. The van der Waals surface area contributed by atoms with Gasteiger partial charge in [0.1, 0.15) is 12.1 Å². The molecule has 3 N–H and O–H groups in total. The summed E-state index contributed by atoms with van der Waals surface area (Å²) in [4.78, 5) is 11.2. The number of hydrogen-bond donors (Lipinski definition) is 2. The highest BCUT2D eigenvalue weighted by Gasteiger charge is 2.21. The molecule has 10 heteroatoms. The third-order valence-corrected chi connectivity index (χ3v) is 5.73. The van der Waals surface area contributed by atoms with E-state index < -0.39 is 10.2 Å². The van der Waals surface area contributed by atoms with Gasteiger partial charge in [0.25, 0.3) is 10.2 Å². The number of fused-ring (bicyclic) bond motifs is 1. The van der Waals surface area contributed by atoms with Gasteiger partial charge in [0.05, 0.1) is 19.7 Å². The van der Waals surface area contributed by atoms with E-state index in [1.807, 2.05) is 12.1 Å². The van der Waals surface area contributed by atoms with E-state index in [9.17, 15) is 8.42 Å². The predicted octanol–water partition coefficient (Wildman–Crippen LogP) is 1.44. The lowest BCUT2D eigenvalue weighted by atomic mass is 9.97. The first-order valence-corrected chi connectivity index (χ1v) is 10.8. The highest BCUT2D eigenvalue weighted by molar-refractivity contribution is 7.87. The first kappa shape index (κ1) is 20.6. The largest absolute Gasteiger partial charge is 0.493 e. The number of nitrogens with two attached hydrogens (primary N) is 1. The van der Waals surface area contributed by atoms with E-state index >= 15 is 0 Å². The van der Waals surface area contributed by atoms with Crippen LogP contribution in [-0.2, 0) is 10.2 Å². The second-order valence-electron chi connectivity index (χ2n) is 6.93. The summed E-state index contributed by atoms with van der Waals surface area (Å²) in [5.41, 5.74) is 0.806. The lowest BCUT2D eigenvalue weighted by Gasteiger charge is -2.23. The number of ether oxygens (including phenoxy) is 2. The van der Waals surface area contributed by atoms with Gasteiger partial charge in [0, 0.05) is 31.1 Å². The average Bonchev–Trinajstić information content (AvgIpc) is 2.91. The SMILES string of the molecule is COc1cc2ncnc(N3CCCC(CCNS(N)(=O)=O)CC3)c2cc1OC. The van der Waals surface area contributed by atoms with Gasteiger partial charge in [0.2, 0.25) is 0 Å². The number of rotatable bonds is 7. The second kappa shape index (κ2) is 8.89. The summed E-state index contributed by atoms with van der Waals surface area (Å²) >= 11 is 0. The van der Waals surface area contributed by atoms with Gasteiger partial charge in [-0.05, 0) is 37.7 Å². The molecule has 0 aliphatic carbocycles. The Hall–Kier alpha value is -2.17. The molecule has 28 heavy (non-hydrogen) atoms. The highest BCUT2D eigenvalue weighted by Crippen LogP contribution is 2.35. The highest BCUT2D eigenvalue weighted by atomic mass is 32.2. The van der Waals surface area contributed by atoms with Crippen molar-refractivity contribution in [1.82, 2.24) is 14.7 Å². The lowest BCUT2D eigenvalue weighted by molar-refractivity contribution is 0.356. The molecule has 0 radical (unpaired) electrons. The molecular weight excluding hydrogens is 382 g/mol. The summed E-state index contributed by atoms with van der Waals surface area (Å²) < 4.78 is 35.2. The number of hydrogen-bond acceptors (Lipinski definition) is 7. The molecule has 2 aromatic rings. The van der Waals surface area contributed by atoms with Crippen molar-refractivity contribution in [3.05, 3.63) is 18.5 Å². The zero-order chi connectivity index (χ0) is 20.1. The molecule has 0 spiro atoms. The Kier molecular flexibility index (Phi) is 6.53. The summed E-state index contributed by atoms with van der Waals surface area (Å²) in [7, 11) is -0.411. The van der Waals surface area contributed by atoms with Crippen LogP contribution in [0.2, 0.25) is 0 Å². The molecule has 1 atom stereocenters. The molecule has 3 rings (SSSR count). The molecule has 1 aromatic heterocycles. The molecule has 0 bridgehead atoms. The van der Waals surface area contributed by atoms with E-state index in [4.69, 9.17) is 14.6 Å². The summed E-state index contributed by atoms with van der Waals surface area (Å²) in [5, 5.41) is 5.92. The minimum atomic E-state index is -3.62. The van der Waals surface area contributed by atoms with Crippen LogP contribution in [0.5, 0.6) is 11.5 Å². The number of nitrogens with zero attached hydrogens (tertiary/aromatic N) is 3. The van der Waals surface area contributed by atoms with Crippen LogP contribution in [0.3, 0.4) is 0 Å². The van der Waals surface area contributed by atoms with Crippen molar-refractivity contribution >= 4 is 26.9 Å². The Morgan fingerprint density at radius 3 is 2.64 bits per heavy atom. The van der Waals surface area contributed by atoms with Crippen molar-refractivity contribution in [3.63, 3.8) is 0 Å². The smallest absolute Gasteiger partial charge is 0.274 e. The van der Waals surface area contributed by atoms with Gasteiger partial charge < -0.3 is 14.4 Å². The molecule has 1 aromatic carbocycles. The van der Waals surface area contributed by atoms with E-state index in [-0.39, 0.29) is 0 Å². The van der Waals surface area contributed by atoms with Crippen LogP contribution in [0.1, 0.15) is 25.7 Å². The first-order valence-electron chi connectivity index (χ1n) is 9.30. The van der Waals surface area contributed by atoms with Crippen molar-refractivity contribution in [2.45, 2.75) is 25.7 Å². The van der Waals surface area contributed by atoms with Gasteiger partial charge in [-0.1, -0.05) is 0 Å². The van der Waals surface area contributed by atoms with Gasteiger partial charge in [-0.3, -0.25) is 0 Å². The summed E-state index contributed by atoms with van der Waals surface area (Å²) in [6, 6.07) is 3.78. The predicted molar refractivity (Wildman–Crippen MR) is 108 cm³/mol. The molecule has 0 saturated carbocycles. The van der Waals surface area contributed by atoms with Crippen LogP contribution in [0.25, 0.3) is 10.9 Å². The average molecular weight is 410 g/mol. The maximum absolute atomic E-state index is 11.0. The van der Waals surface area contributed by atoms with Crippen LogP contribution in [-0.4, -0.2) is 52.2 Å². The summed E-state index contributed by atoms with van der Waals surface area (Å²) in [5.74, 6) is 2.61. The fraction of sp³-hybridized carbons (Fsp3) is 0.556. The van der Waals surface area contributed by atoms with Crippen molar-refractivity contribution in [2.24, 2.45) is 11.1 Å². The van der Waals surface area contributed by atoms with Crippen LogP contribution in [0, 0.1) is 5.92 Å². The molecule has 1 aliphatic rings. The van der Waals surface area contributed by atoms with Crippen molar-refractivity contribution in [3.8, 4) is 11.5 Å². The van der Waals surface area contributed by atoms with Gasteiger partial charge >= 0.3 is 0 Å². The van der Waals surface area contributed by atoms with Crippen LogP contribution >= 0.6 is 0 Å². The Balaban J connectivity index is 1.75. The van der Waals surface area contributed by atoms with Gasteiger partial charge in [-0.15, -0.1) is 0 Å². The van der Waals surface area contributed by atoms with Crippen molar-refractivity contribution in [2.75, 3.05) is 38.8 Å². The van der Waals surface area contributed by atoms with E-state index in [0.717, 1.165) is 55.5 Å². The van der Waals surface area contributed by atoms with E-state index in [2.05, 4.69) is 19.6 Å². The molecule has 9 nitrogen and oxygen atoms in total. The van der Waals surface area contributed by atoms with Gasteiger partial charge in [-0.2, -0.15) is 8.42 Å². The Bertz CT molecular complexity index is 922. The Morgan fingerprint density at radius 2 is 1.93 bits per heavy atom. The monoisotopic (exact) mass is 409 g/mol. The maximum Gasteiger partial charge on any atom is 0.274 e. The number of methoxy groups -OCH3 is 2. The van der Waals surface area contributed by atoms with Crippen LogP contribution in [0.4, 0.5) is 5.82 Å².